The molecule has 21 heavy (non-hydrogen) atoms. The van der Waals surface area contributed by atoms with E-state index in [9.17, 15) is 0 Å². The van der Waals surface area contributed by atoms with E-state index in [1.807, 2.05) is 26.0 Å². The van der Waals surface area contributed by atoms with Gasteiger partial charge >= 0.3 is 12.0 Å². The molecule has 1 aromatic carbocycles. The fraction of sp³-hybridized carbons (Fsp3) is 0.357. The first-order valence-electron chi connectivity index (χ1n) is 6.66. The molecule has 0 bridgehead atoms. The number of benzene rings is 1. The van der Waals surface area contributed by atoms with Crippen molar-refractivity contribution in [3.63, 3.8) is 0 Å². The zero-order chi connectivity index (χ0) is 15.1. The summed E-state index contributed by atoms with van der Waals surface area (Å²) in [4.78, 5) is 11.8. The van der Waals surface area contributed by atoms with Crippen molar-refractivity contribution in [3.05, 3.63) is 29.5 Å². The summed E-state index contributed by atoms with van der Waals surface area (Å²) in [6.07, 6.45) is 0.843. The minimum atomic E-state index is 0.0204. The van der Waals surface area contributed by atoms with Crippen LogP contribution >= 0.6 is 11.6 Å². The lowest BCUT2D eigenvalue weighted by molar-refractivity contribution is 0.284. The van der Waals surface area contributed by atoms with E-state index < -0.39 is 0 Å². The molecule has 0 spiro atoms. The lowest BCUT2D eigenvalue weighted by atomic mass is 10.3. The number of ether oxygens (including phenoxy) is 3. The average molecular weight is 310 g/mol. The van der Waals surface area contributed by atoms with Gasteiger partial charge in [0.15, 0.2) is 0 Å². The van der Waals surface area contributed by atoms with Crippen LogP contribution in [-0.2, 0) is 0 Å². The number of hydrogen-bond donors (Lipinski definition) is 0. The van der Waals surface area contributed by atoms with Crippen LogP contribution in [-0.4, -0.2) is 28.2 Å². The standard InChI is InChI=1S/C14H16ClN3O3/c1-3-8-20-13-16-12(15)17-14(18-13)21-11-7-5-6-10(9-11)19-4-2/h5-7,9H,3-4,8H2,1-2H3. The lowest BCUT2D eigenvalue weighted by Crippen LogP contribution is -2.03. The highest BCUT2D eigenvalue weighted by Crippen LogP contribution is 2.24. The summed E-state index contributed by atoms with van der Waals surface area (Å²) in [7, 11) is 0. The predicted octanol–water partition coefficient (Wildman–Crippen LogP) is 3.50. The van der Waals surface area contributed by atoms with Gasteiger partial charge in [-0.1, -0.05) is 13.0 Å². The van der Waals surface area contributed by atoms with Crippen LogP contribution in [0.3, 0.4) is 0 Å². The molecule has 2 rings (SSSR count). The van der Waals surface area contributed by atoms with Gasteiger partial charge in [0, 0.05) is 6.07 Å². The third kappa shape index (κ3) is 4.75. The van der Waals surface area contributed by atoms with Crippen molar-refractivity contribution in [2.45, 2.75) is 20.3 Å². The Hall–Kier alpha value is -2.08. The molecular formula is C14H16ClN3O3. The predicted molar refractivity (Wildman–Crippen MR) is 78.3 cm³/mol. The quantitative estimate of drug-likeness (QED) is 0.779. The minimum absolute atomic E-state index is 0.0204. The van der Waals surface area contributed by atoms with Crippen molar-refractivity contribution in [3.8, 4) is 23.5 Å². The van der Waals surface area contributed by atoms with Crippen LogP contribution in [0.1, 0.15) is 20.3 Å². The third-order valence-corrected chi connectivity index (χ3v) is 2.50. The molecule has 0 atom stereocenters. The molecule has 6 nitrogen and oxygen atoms in total. The Labute approximate surface area is 128 Å². The van der Waals surface area contributed by atoms with Gasteiger partial charge in [0.2, 0.25) is 5.28 Å². The number of aromatic nitrogens is 3. The van der Waals surface area contributed by atoms with Gasteiger partial charge in [-0.15, -0.1) is 4.98 Å². The second-order valence-corrected chi connectivity index (χ2v) is 4.37. The number of nitrogens with zero attached hydrogens (tertiary/aromatic N) is 3. The molecule has 0 aliphatic carbocycles. The molecule has 1 heterocycles. The Morgan fingerprint density at radius 1 is 1.00 bits per heavy atom. The normalized spacial score (nSPS) is 10.2. The second-order valence-electron chi connectivity index (χ2n) is 4.03. The van der Waals surface area contributed by atoms with Crippen LogP contribution in [0.15, 0.2) is 24.3 Å². The van der Waals surface area contributed by atoms with Crippen molar-refractivity contribution < 1.29 is 14.2 Å². The first-order chi connectivity index (χ1) is 10.2. The highest BCUT2D eigenvalue weighted by Gasteiger charge is 2.08. The van der Waals surface area contributed by atoms with E-state index in [1.165, 1.54) is 0 Å². The summed E-state index contributed by atoms with van der Waals surface area (Å²) in [5.41, 5.74) is 0. The largest absolute Gasteiger partial charge is 0.494 e. The molecule has 0 amide bonds. The van der Waals surface area contributed by atoms with Crippen LogP contribution in [0.4, 0.5) is 0 Å². The number of hydrogen-bond acceptors (Lipinski definition) is 6. The first kappa shape index (κ1) is 15.3. The van der Waals surface area contributed by atoms with Gasteiger partial charge in [-0.25, -0.2) is 0 Å². The molecule has 0 unspecified atom stereocenters. The molecule has 0 aliphatic heterocycles. The van der Waals surface area contributed by atoms with Gasteiger partial charge in [-0.2, -0.15) is 9.97 Å². The monoisotopic (exact) mass is 309 g/mol. The fourth-order valence-electron chi connectivity index (χ4n) is 1.52. The smallest absolute Gasteiger partial charge is 0.329 e. The average Bonchev–Trinajstić information content (AvgIpc) is 2.45. The van der Waals surface area contributed by atoms with Crippen LogP contribution in [0, 0.1) is 0 Å². The SMILES string of the molecule is CCCOc1nc(Cl)nc(Oc2cccc(OCC)c2)n1. The van der Waals surface area contributed by atoms with E-state index in [0.29, 0.717) is 24.7 Å². The molecule has 0 aliphatic rings. The van der Waals surface area contributed by atoms with Gasteiger partial charge in [-0.3, -0.25) is 0 Å². The molecule has 112 valence electrons. The number of rotatable bonds is 7. The molecule has 7 heteroatoms. The van der Waals surface area contributed by atoms with Crippen molar-refractivity contribution in [2.75, 3.05) is 13.2 Å². The maximum absolute atomic E-state index is 5.83. The van der Waals surface area contributed by atoms with Crippen molar-refractivity contribution in [1.29, 1.82) is 0 Å². The molecule has 0 N–H and O–H groups in total. The van der Waals surface area contributed by atoms with Crippen molar-refractivity contribution in [1.82, 2.24) is 15.0 Å². The van der Waals surface area contributed by atoms with Gasteiger partial charge in [0.25, 0.3) is 0 Å². The van der Waals surface area contributed by atoms with Gasteiger partial charge < -0.3 is 14.2 Å². The highest BCUT2D eigenvalue weighted by molar-refractivity contribution is 6.28. The Balaban J connectivity index is 2.14. The molecule has 2 aromatic rings. The molecule has 0 radical (unpaired) electrons. The maximum atomic E-state index is 5.83. The second kappa shape index (κ2) is 7.64. The molecule has 0 fully saturated rings. The summed E-state index contributed by atoms with van der Waals surface area (Å²) in [5, 5.41) is 0.0204. The first-order valence-corrected chi connectivity index (χ1v) is 7.04. The van der Waals surface area contributed by atoms with Crippen LogP contribution in [0.2, 0.25) is 5.28 Å². The Kier molecular flexibility index (Phi) is 5.57. The molecule has 0 saturated heterocycles. The van der Waals surface area contributed by atoms with Crippen LogP contribution < -0.4 is 14.2 Å². The van der Waals surface area contributed by atoms with Gasteiger partial charge in [-0.05, 0) is 37.1 Å². The van der Waals surface area contributed by atoms with Gasteiger partial charge in [0.05, 0.1) is 13.2 Å². The van der Waals surface area contributed by atoms with Crippen molar-refractivity contribution >= 4 is 11.6 Å². The summed E-state index contributed by atoms with van der Waals surface area (Å²) in [5.74, 6) is 1.25. The maximum Gasteiger partial charge on any atom is 0.329 e. The minimum Gasteiger partial charge on any atom is -0.494 e. The van der Waals surface area contributed by atoms with Crippen molar-refractivity contribution in [2.24, 2.45) is 0 Å². The summed E-state index contributed by atoms with van der Waals surface area (Å²) in [6, 6.07) is 7.40. The van der Waals surface area contributed by atoms with E-state index in [0.717, 1.165) is 6.42 Å². The van der Waals surface area contributed by atoms with Crippen LogP contribution in [0.25, 0.3) is 0 Å². The van der Waals surface area contributed by atoms with Crippen LogP contribution in [0.5, 0.6) is 23.5 Å². The van der Waals surface area contributed by atoms with E-state index in [4.69, 9.17) is 25.8 Å². The Morgan fingerprint density at radius 2 is 1.76 bits per heavy atom. The van der Waals surface area contributed by atoms with Gasteiger partial charge in [0.1, 0.15) is 11.5 Å². The Bertz CT molecular complexity index is 595. The Morgan fingerprint density at radius 3 is 2.52 bits per heavy atom. The van der Waals surface area contributed by atoms with E-state index in [2.05, 4.69) is 15.0 Å². The summed E-state index contributed by atoms with van der Waals surface area (Å²) in [6.45, 7) is 4.98. The highest BCUT2D eigenvalue weighted by atomic mass is 35.5. The molecule has 1 aromatic heterocycles. The van der Waals surface area contributed by atoms with E-state index >= 15 is 0 Å². The zero-order valence-corrected chi connectivity index (χ0v) is 12.6. The fourth-order valence-corrected chi connectivity index (χ4v) is 1.66. The molecular weight excluding hydrogens is 294 g/mol. The summed E-state index contributed by atoms with van der Waals surface area (Å²) < 4.78 is 16.3. The zero-order valence-electron chi connectivity index (χ0n) is 11.9. The van der Waals surface area contributed by atoms with E-state index in [-0.39, 0.29) is 17.3 Å². The van der Waals surface area contributed by atoms with E-state index in [1.54, 1.807) is 12.1 Å². The number of halogens is 1. The topological polar surface area (TPSA) is 66.4 Å². The summed E-state index contributed by atoms with van der Waals surface area (Å²) >= 11 is 5.83. The lowest BCUT2D eigenvalue weighted by Gasteiger charge is -2.08. The third-order valence-electron chi connectivity index (χ3n) is 2.33. The molecule has 0 saturated carbocycles.